The van der Waals surface area contributed by atoms with E-state index in [4.69, 9.17) is 9.88 Å². The lowest BCUT2D eigenvalue weighted by Crippen LogP contribution is -2.51. The first-order chi connectivity index (χ1) is 9.84. The van der Waals surface area contributed by atoms with E-state index >= 15 is 0 Å². The minimum absolute atomic E-state index is 0.0725. The molecule has 9 heteroatoms. The van der Waals surface area contributed by atoms with Crippen molar-refractivity contribution < 1.29 is 27.1 Å². The van der Waals surface area contributed by atoms with Gasteiger partial charge in [0.05, 0.1) is 30.9 Å². The van der Waals surface area contributed by atoms with Crippen LogP contribution in [0.25, 0.3) is 0 Å². The van der Waals surface area contributed by atoms with Gasteiger partial charge in [0.15, 0.2) is 6.04 Å². The smallest absolute Gasteiger partial charge is 0.330 e. The van der Waals surface area contributed by atoms with Crippen molar-refractivity contribution in [2.24, 2.45) is 5.14 Å². The maximum absolute atomic E-state index is 14.2. The molecule has 1 aromatic carbocycles. The number of halogens is 1. The Balaban J connectivity index is 2.38. The van der Waals surface area contributed by atoms with Gasteiger partial charge in [0, 0.05) is 6.54 Å². The fourth-order valence-corrected chi connectivity index (χ4v) is 2.65. The molecule has 2 rings (SSSR count). The van der Waals surface area contributed by atoms with Crippen LogP contribution in [0.2, 0.25) is 0 Å². The van der Waals surface area contributed by atoms with Gasteiger partial charge in [-0.2, -0.15) is 0 Å². The summed E-state index contributed by atoms with van der Waals surface area (Å²) in [7, 11) is -2.75. The van der Waals surface area contributed by atoms with E-state index in [9.17, 15) is 17.6 Å². The molecule has 1 heterocycles. The second-order valence-corrected chi connectivity index (χ2v) is 6.03. The number of hydrogen-bond donors (Lipinski definition) is 1. The highest BCUT2D eigenvalue weighted by atomic mass is 32.2. The highest BCUT2D eigenvalue weighted by Gasteiger charge is 2.32. The third-order valence-electron chi connectivity index (χ3n) is 3.16. The zero-order valence-electron chi connectivity index (χ0n) is 11.3. The summed E-state index contributed by atoms with van der Waals surface area (Å²) < 4.78 is 46.4. The lowest BCUT2D eigenvalue weighted by Gasteiger charge is -2.35. The van der Waals surface area contributed by atoms with E-state index in [0.29, 0.717) is 6.61 Å². The number of sulfonamides is 1. The lowest BCUT2D eigenvalue weighted by molar-refractivity contribution is -0.144. The minimum atomic E-state index is -3.98. The van der Waals surface area contributed by atoms with Crippen molar-refractivity contribution in [3.63, 3.8) is 0 Å². The Morgan fingerprint density at radius 3 is 2.81 bits per heavy atom. The number of benzene rings is 1. The number of methoxy groups -OCH3 is 1. The monoisotopic (exact) mass is 318 g/mol. The van der Waals surface area contributed by atoms with Crippen LogP contribution in [0.15, 0.2) is 23.1 Å². The molecule has 1 unspecified atom stereocenters. The Morgan fingerprint density at radius 1 is 1.52 bits per heavy atom. The average Bonchev–Trinajstić information content (AvgIpc) is 2.45. The van der Waals surface area contributed by atoms with Gasteiger partial charge < -0.3 is 14.4 Å². The third-order valence-corrected chi connectivity index (χ3v) is 4.07. The van der Waals surface area contributed by atoms with E-state index < -0.39 is 27.9 Å². The minimum Gasteiger partial charge on any atom is -0.467 e. The number of esters is 1. The molecule has 1 aliphatic heterocycles. The molecule has 0 radical (unpaired) electrons. The van der Waals surface area contributed by atoms with Gasteiger partial charge in [0.2, 0.25) is 10.0 Å². The number of carbonyl (C=O) groups excluding carboxylic acids is 1. The summed E-state index contributed by atoms with van der Waals surface area (Å²) in [6, 6.07) is 2.51. The van der Waals surface area contributed by atoms with E-state index in [-0.39, 0.29) is 23.7 Å². The van der Waals surface area contributed by atoms with Crippen molar-refractivity contribution in [1.29, 1.82) is 0 Å². The standard InChI is InChI=1S/C12H15FN2O5S/c1-19-12(16)11-7-20-5-4-15(11)10-3-2-8(6-9(10)13)21(14,17)18/h2-3,6,11H,4-5,7H2,1H3,(H2,14,17,18). The summed E-state index contributed by atoms with van der Waals surface area (Å²) in [5.41, 5.74) is 0.0982. The van der Waals surface area contributed by atoms with E-state index in [0.717, 1.165) is 6.07 Å². The second-order valence-electron chi connectivity index (χ2n) is 4.47. The molecule has 0 amide bonds. The van der Waals surface area contributed by atoms with Crippen LogP contribution in [-0.2, 0) is 24.3 Å². The summed E-state index contributed by atoms with van der Waals surface area (Å²) in [5, 5.41) is 4.95. The number of anilines is 1. The normalized spacial score (nSPS) is 19.4. The van der Waals surface area contributed by atoms with E-state index in [1.54, 1.807) is 0 Å². The Kier molecular flexibility index (Phi) is 4.45. The van der Waals surface area contributed by atoms with Crippen molar-refractivity contribution in [3.05, 3.63) is 24.0 Å². The van der Waals surface area contributed by atoms with Gasteiger partial charge in [-0.15, -0.1) is 0 Å². The van der Waals surface area contributed by atoms with E-state index in [2.05, 4.69) is 4.74 Å². The van der Waals surface area contributed by atoms with Crippen LogP contribution in [0.4, 0.5) is 10.1 Å². The van der Waals surface area contributed by atoms with Crippen LogP contribution in [-0.4, -0.2) is 47.3 Å². The van der Waals surface area contributed by atoms with Crippen LogP contribution in [0, 0.1) is 5.82 Å². The SMILES string of the molecule is COC(=O)C1COCCN1c1ccc(S(N)(=O)=O)cc1F. The van der Waals surface area contributed by atoms with Gasteiger partial charge in [-0.25, -0.2) is 22.7 Å². The quantitative estimate of drug-likeness (QED) is 0.778. The van der Waals surface area contributed by atoms with Crippen molar-refractivity contribution >= 4 is 21.7 Å². The first kappa shape index (κ1) is 15.7. The Bertz CT molecular complexity index is 649. The fourth-order valence-electron chi connectivity index (χ4n) is 2.12. The van der Waals surface area contributed by atoms with Gasteiger partial charge in [0.1, 0.15) is 5.82 Å². The Hall–Kier alpha value is -1.71. The molecule has 116 valence electrons. The Labute approximate surface area is 121 Å². The van der Waals surface area contributed by atoms with Crippen LogP contribution >= 0.6 is 0 Å². The summed E-state index contributed by atoms with van der Waals surface area (Å²) in [6.45, 7) is 0.679. The zero-order chi connectivity index (χ0) is 15.6. The molecule has 0 spiro atoms. The molecule has 7 nitrogen and oxygen atoms in total. The summed E-state index contributed by atoms with van der Waals surface area (Å²) >= 11 is 0. The molecular formula is C12H15FN2O5S. The van der Waals surface area contributed by atoms with Gasteiger partial charge in [-0.05, 0) is 18.2 Å². The fraction of sp³-hybridized carbons (Fsp3) is 0.417. The van der Waals surface area contributed by atoms with Gasteiger partial charge in [-0.3, -0.25) is 0 Å². The largest absolute Gasteiger partial charge is 0.467 e. The third kappa shape index (κ3) is 3.31. The first-order valence-corrected chi connectivity index (χ1v) is 7.64. The summed E-state index contributed by atoms with van der Waals surface area (Å²) in [6.07, 6.45) is 0. The molecule has 1 aromatic rings. The maximum Gasteiger partial charge on any atom is 0.330 e. The van der Waals surface area contributed by atoms with Crippen LogP contribution in [0.3, 0.4) is 0 Å². The topological polar surface area (TPSA) is 98.9 Å². The lowest BCUT2D eigenvalue weighted by atomic mass is 10.2. The molecule has 21 heavy (non-hydrogen) atoms. The van der Waals surface area contributed by atoms with Crippen LogP contribution in [0.5, 0.6) is 0 Å². The van der Waals surface area contributed by atoms with Crippen molar-refractivity contribution in [2.45, 2.75) is 10.9 Å². The van der Waals surface area contributed by atoms with E-state index in [1.807, 2.05) is 0 Å². The van der Waals surface area contributed by atoms with Crippen LogP contribution in [0.1, 0.15) is 0 Å². The van der Waals surface area contributed by atoms with Crippen molar-refractivity contribution in [3.8, 4) is 0 Å². The molecule has 1 fully saturated rings. The second kappa shape index (κ2) is 5.96. The number of ether oxygens (including phenoxy) is 2. The molecule has 1 atom stereocenters. The molecule has 1 saturated heterocycles. The molecule has 2 N–H and O–H groups in total. The number of primary sulfonamides is 1. The van der Waals surface area contributed by atoms with Gasteiger partial charge in [0.25, 0.3) is 0 Å². The summed E-state index contributed by atoms with van der Waals surface area (Å²) in [5.74, 6) is -1.33. The predicted octanol–water partition coefficient (Wildman–Crippen LogP) is -0.149. The highest BCUT2D eigenvalue weighted by Crippen LogP contribution is 2.26. The number of hydrogen-bond acceptors (Lipinski definition) is 6. The van der Waals surface area contributed by atoms with Crippen molar-refractivity contribution in [1.82, 2.24) is 0 Å². The first-order valence-electron chi connectivity index (χ1n) is 6.09. The van der Waals surface area contributed by atoms with E-state index in [1.165, 1.54) is 24.1 Å². The molecule has 0 aliphatic carbocycles. The molecular weight excluding hydrogens is 303 g/mol. The van der Waals surface area contributed by atoms with Gasteiger partial charge in [-0.1, -0.05) is 0 Å². The average molecular weight is 318 g/mol. The van der Waals surface area contributed by atoms with Gasteiger partial charge >= 0.3 is 5.97 Å². The van der Waals surface area contributed by atoms with Crippen molar-refractivity contribution in [2.75, 3.05) is 31.8 Å². The molecule has 1 aliphatic rings. The maximum atomic E-state index is 14.2. The summed E-state index contributed by atoms with van der Waals surface area (Å²) in [4.78, 5) is 12.9. The molecule has 0 bridgehead atoms. The number of rotatable bonds is 3. The number of morpholine rings is 1. The molecule has 0 aromatic heterocycles. The predicted molar refractivity (Wildman–Crippen MR) is 71.7 cm³/mol. The zero-order valence-corrected chi connectivity index (χ0v) is 12.1. The number of carbonyl (C=O) groups is 1. The van der Waals surface area contributed by atoms with Crippen LogP contribution < -0.4 is 10.0 Å². The highest BCUT2D eigenvalue weighted by molar-refractivity contribution is 7.89. The Morgan fingerprint density at radius 2 is 2.24 bits per heavy atom. The molecule has 0 saturated carbocycles. The number of nitrogens with two attached hydrogens (primary N) is 1. The number of nitrogens with zero attached hydrogens (tertiary/aromatic N) is 1.